The first-order valence-corrected chi connectivity index (χ1v) is 4.58. The van der Waals surface area contributed by atoms with Crippen molar-refractivity contribution in [1.29, 1.82) is 0 Å². The van der Waals surface area contributed by atoms with E-state index >= 15 is 0 Å². The smallest absolute Gasteiger partial charge is 0.313 e. The average Bonchev–Trinajstić information content (AvgIpc) is 2.29. The highest BCUT2D eigenvalue weighted by molar-refractivity contribution is 5.76. The second kappa shape index (κ2) is 3.98. The summed E-state index contributed by atoms with van der Waals surface area (Å²) in [5.74, 6) is 0. The maximum absolute atomic E-state index is 11.4. The SMILES string of the molecule is O=Cc1ccc(-c2c[nH]c(=O)[nH]c2=O)cc1. The molecule has 0 spiro atoms. The van der Waals surface area contributed by atoms with Gasteiger partial charge >= 0.3 is 5.69 Å². The van der Waals surface area contributed by atoms with Crippen LogP contribution in [-0.2, 0) is 0 Å². The van der Waals surface area contributed by atoms with Crippen molar-refractivity contribution in [3.8, 4) is 11.1 Å². The molecule has 5 heteroatoms. The minimum atomic E-state index is -0.543. The lowest BCUT2D eigenvalue weighted by Crippen LogP contribution is -2.22. The number of aldehydes is 1. The fourth-order valence-electron chi connectivity index (χ4n) is 1.37. The minimum Gasteiger partial charge on any atom is -0.313 e. The van der Waals surface area contributed by atoms with Crippen molar-refractivity contribution < 1.29 is 4.79 Å². The molecule has 0 saturated carbocycles. The molecule has 0 bridgehead atoms. The Labute approximate surface area is 89.8 Å². The molecule has 0 radical (unpaired) electrons. The second-order valence-electron chi connectivity index (χ2n) is 3.23. The fourth-order valence-corrected chi connectivity index (χ4v) is 1.37. The molecule has 80 valence electrons. The minimum absolute atomic E-state index is 0.358. The Kier molecular flexibility index (Phi) is 2.51. The van der Waals surface area contributed by atoms with Gasteiger partial charge < -0.3 is 4.98 Å². The van der Waals surface area contributed by atoms with Crippen molar-refractivity contribution in [1.82, 2.24) is 9.97 Å². The first-order chi connectivity index (χ1) is 7.70. The lowest BCUT2D eigenvalue weighted by Gasteiger charge is -1.99. The van der Waals surface area contributed by atoms with Crippen LogP contribution in [0.3, 0.4) is 0 Å². The normalized spacial score (nSPS) is 10.0. The standard InChI is InChI=1S/C11H8N2O3/c14-6-7-1-3-8(4-2-7)9-5-12-11(16)13-10(9)15/h1-6H,(H2,12,13,15,16). The molecule has 2 N–H and O–H groups in total. The molecule has 2 aromatic rings. The Morgan fingerprint density at radius 3 is 2.31 bits per heavy atom. The van der Waals surface area contributed by atoms with E-state index in [-0.39, 0.29) is 0 Å². The lowest BCUT2D eigenvalue weighted by molar-refractivity contribution is 0.112. The second-order valence-corrected chi connectivity index (χ2v) is 3.23. The van der Waals surface area contributed by atoms with Gasteiger partial charge in [0.25, 0.3) is 5.56 Å². The maximum atomic E-state index is 11.4. The number of nitrogens with one attached hydrogen (secondary N) is 2. The molecule has 5 nitrogen and oxygen atoms in total. The van der Waals surface area contributed by atoms with Crippen molar-refractivity contribution >= 4 is 6.29 Å². The Morgan fingerprint density at radius 1 is 1.06 bits per heavy atom. The van der Waals surface area contributed by atoms with E-state index in [9.17, 15) is 14.4 Å². The van der Waals surface area contributed by atoms with Crippen molar-refractivity contribution in [3.05, 3.63) is 56.9 Å². The molecule has 1 aromatic heterocycles. The van der Waals surface area contributed by atoms with Gasteiger partial charge in [-0.2, -0.15) is 0 Å². The molecule has 1 heterocycles. The van der Waals surface area contributed by atoms with Crippen LogP contribution in [0, 0.1) is 0 Å². The molecule has 0 aliphatic carbocycles. The predicted octanol–water partition coefficient (Wildman–Crippen LogP) is 0.543. The summed E-state index contributed by atoms with van der Waals surface area (Å²) in [6.07, 6.45) is 2.07. The molecule has 16 heavy (non-hydrogen) atoms. The number of carbonyl (C=O) groups is 1. The summed E-state index contributed by atoms with van der Waals surface area (Å²) < 4.78 is 0. The third kappa shape index (κ3) is 1.83. The number of rotatable bonds is 2. The number of aromatic amines is 2. The largest absolute Gasteiger partial charge is 0.325 e. The third-order valence-electron chi connectivity index (χ3n) is 2.18. The summed E-state index contributed by atoms with van der Waals surface area (Å²) in [6.45, 7) is 0. The van der Waals surface area contributed by atoms with Gasteiger partial charge in [0.05, 0.1) is 5.56 Å². The summed E-state index contributed by atoms with van der Waals surface area (Å²) in [4.78, 5) is 37.2. The van der Waals surface area contributed by atoms with Gasteiger partial charge in [0.2, 0.25) is 0 Å². The zero-order chi connectivity index (χ0) is 11.5. The number of aromatic nitrogens is 2. The van der Waals surface area contributed by atoms with Crippen LogP contribution < -0.4 is 11.2 Å². The highest BCUT2D eigenvalue weighted by Crippen LogP contribution is 2.13. The molecular formula is C11H8N2O3. The van der Waals surface area contributed by atoms with Crippen LogP contribution in [-0.4, -0.2) is 16.3 Å². The van der Waals surface area contributed by atoms with E-state index in [0.717, 1.165) is 6.29 Å². The van der Waals surface area contributed by atoms with E-state index in [1.165, 1.54) is 6.20 Å². The Hall–Kier alpha value is -2.43. The van der Waals surface area contributed by atoms with Crippen LogP contribution in [0.2, 0.25) is 0 Å². The predicted molar refractivity (Wildman–Crippen MR) is 58.5 cm³/mol. The van der Waals surface area contributed by atoms with Crippen LogP contribution in [0.4, 0.5) is 0 Å². The Balaban J connectivity index is 2.54. The first-order valence-electron chi connectivity index (χ1n) is 4.58. The lowest BCUT2D eigenvalue weighted by atomic mass is 10.1. The fraction of sp³-hybridized carbons (Fsp3) is 0. The van der Waals surface area contributed by atoms with Crippen molar-refractivity contribution in [2.75, 3.05) is 0 Å². The number of hydrogen-bond acceptors (Lipinski definition) is 3. The van der Waals surface area contributed by atoms with E-state index in [1.807, 2.05) is 0 Å². The maximum Gasteiger partial charge on any atom is 0.325 e. The zero-order valence-electron chi connectivity index (χ0n) is 8.19. The summed E-state index contributed by atoms with van der Waals surface area (Å²) in [5.41, 5.74) is 0.533. The van der Waals surface area contributed by atoms with Crippen LogP contribution in [0.25, 0.3) is 11.1 Å². The number of benzene rings is 1. The molecule has 1 aromatic carbocycles. The number of carbonyl (C=O) groups excluding carboxylic acids is 1. The molecule has 0 unspecified atom stereocenters. The monoisotopic (exact) mass is 216 g/mol. The third-order valence-corrected chi connectivity index (χ3v) is 2.18. The zero-order valence-corrected chi connectivity index (χ0v) is 8.19. The number of hydrogen-bond donors (Lipinski definition) is 2. The number of H-pyrrole nitrogens is 2. The van der Waals surface area contributed by atoms with E-state index in [1.54, 1.807) is 24.3 Å². The van der Waals surface area contributed by atoms with Gasteiger partial charge in [-0.15, -0.1) is 0 Å². The van der Waals surface area contributed by atoms with Crippen LogP contribution >= 0.6 is 0 Å². The van der Waals surface area contributed by atoms with Gasteiger partial charge in [0.1, 0.15) is 6.29 Å². The quantitative estimate of drug-likeness (QED) is 0.719. The molecule has 0 aliphatic rings. The molecule has 0 atom stereocenters. The van der Waals surface area contributed by atoms with Gasteiger partial charge in [-0.05, 0) is 5.56 Å². The van der Waals surface area contributed by atoms with E-state index < -0.39 is 11.2 Å². The van der Waals surface area contributed by atoms with E-state index in [2.05, 4.69) is 9.97 Å². The molecule has 0 fully saturated rings. The molecule has 0 aliphatic heterocycles. The van der Waals surface area contributed by atoms with Crippen LogP contribution in [0.15, 0.2) is 40.1 Å². The highest BCUT2D eigenvalue weighted by atomic mass is 16.2. The topological polar surface area (TPSA) is 82.8 Å². The van der Waals surface area contributed by atoms with Crippen molar-refractivity contribution in [2.45, 2.75) is 0 Å². The van der Waals surface area contributed by atoms with Gasteiger partial charge in [-0.3, -0.25) is 14.6 Å². The van der Waals surface area contributed by atoms with Gasteiger partial charge in [-0.25, -0.2) is 4.79 Å². The summed E-state index contributed by atoms with van der Waals surface area (Å²) >= 11 is 0. The van der Waals surface area contributed by atoms with E-state index in [0.29, 0.717) is 16.7 Å². The van der Waals surface area contributed by atoms with E-state index in [4.69, 9.17) is 0 Å². The summed E-state index contributed by atoms with van der Waals surface area (Å²) in [7, 11) is 0. The summed E-state index contributed by atoms with van der Waals surface area (Å²) in [5, 5.41) is 0. The molecule has 0 amide bonds. The van der Waals surface area contributed by atoms with Gasteiger partial charge in [0.15, 0.2) is 0 Å². The first kappa shape index (κ1) is 10.1. The van der Waals surface area contributed by atoms with Gasteiger partial charge in [-0.1, -0.05) is 24.3 Å². The summed E-state index contributed by atoms with van der Waals surface area (Å²) in [6, 6.07) is 6.50. The molecule has 0 saturated heterocycles. The Bertz CT molecular complexity index is 623. The Morgan fingerprint density at radius 2 is 1.75 bits per heavy atom. The van der Waals surface area contributed by atoms with Crippen molar-refractivity contribution in [2.24, 2.45) is 0 Å². The molecule has 2 rings (SSSR count). The molecular weight excluding hydrogens is 208 g/mol. The highest BCUT2D eigenvalue weighted by Gasteiger charge is 2.03. The van der Waals surface area contributed by atoms with Crippen LogP contribution in [0.1, 0.15) is 10.4 Å². The van der Waals surface area contributed by atoms with Crippen LogP contribution in [0.5, 0.6) is 0 Å². The van der Waals surface area contributed by atoms with Crippen molar-refractivity contribution in [3.63, 3.8) is 0 Å². The van der Waals surface area contributed by atoms with Gasteiger partial charge in [0, 0.05) is 11.8 Å². The average molecular weight is 216 g/mol.